The first-order chi connectivity index (χ1) is 13.7. The van der Waals surface area contributed by atoms with Crippen LogP contribution in [-0.4, -0.2) is 28.0 Å². The maximum atomic E-state index is 13.3. The Kier molecular flexibility index (Phi) is 3.98. The monoisotopic (exact) mass is 395 g/mol. The quantitative estimate of drug-likeness (QED) is 0.570. The van der Waals surface area contributed by atoms with Crippen LogP contribution in [0.2, 0.25) is 0 Å². The molecule has 0 unspecified atom stereocenters. The lowest BCUT2D eigenvalue weighted by atomic mass is 10.1. The second kappa shape index (κ2) is 6.65. The van der Waals surface area contributed by atoms with Crippen LogP contribution in [0.4, 0.5) is 10.2 Å². The second-order valence-corrected chi connectivity index (χ2v) is 7.10. The Balaban J connectivity index is 1.46. The van der Waals surface area contributed by atoms with Crippen molar-refractivity contribution in [3.8, 4) is 22.8 Å². The zero-order chi connectivity index (χ0) is 19.1. The van der Waals surface area contributed by atoms with Crippen molar-refractivity contribution < 1.29 is 18.7 Å². The predicted molar refractivity (Wildman–Crippen MR) is 103 cm³/mol. The molecule has 2 aromatic heterocycles. The number of hydrogen-bond donors (Lipinski definition) is 1. The van der Waals surface area contributed by atoms with Crippen LogP contribution in [-0.2, 0) is 4.79 Å². The smallest absolute Gasteiger partial charge is 0.270 e. The van der Waals surface area contributed by atoms with E-state index in [1.165, 1.54) is 23.5 Å². The largest absolute Gasteiger partial charge is 0.485 e. The fourth-order valence-electron chi connectivity index (χ4n) is 3.06. The minimum absolute atomic E-state index is 0.111. The molecule has 3 heterocycles. The number of imidazole rings is 1. The molecule has 0 aliphatic carbocycles. The van der Waals surface area contributed by atoms with Gasteiger partial charge < -0.3 is 14.8 Å². The number of halogens is 1. The SMILES string of the molecule is O=C(Nc1c(-c2ccc(F)cc2)nc2sccn12)[C@H]1COc2ccccc2O1. The summed E-state index contributed by atoms with van der Waals surface area (Å²) in [4.78, 5) is 18.2. The van der Waals surface area contributed by atoms with Crippen molar-refractivity contribution >= 4 is 28.0 Å². The van der Waals surface area contributed by atoms with E-state index in [9.17, 15) is 9.18 Å². The van der Waals surface area contributed by atoms with E-state index in [4.69, 9.17) is 9.47 Å². The van der Waals surface area contributed by atoms with Crippen LogP contribution in [0.1, 0.15) is 0 Å². The number of nitrogens with zero attached hydrogens (tertiary/aromatic N) is 2. The fraction of sp³-hybridized carbons (Fsp3) is 0.100. The molecule has 0 spiro atoms. The lowest BCUT2D eigenvalue weighted by Crippen LogP contribution is -2.40. The van der Waals surface area contributed by atoms with E-state index in [1.54, 1.807) is 28.7 Å². The van der Waals surface area contributed by atoms with Crippen molar-refractivity contribution in [2.75, 3.05) is 11.9 Å². The van der Waals surface area contributed by atoms with Crippen molar-refractivity contribution in [1.82, 2.24) is 9.38 Å². The molecular formula is C20H14FN3O3S. The van der Waals surface area contributed by atoms with E-state index >= 15 is 0 Å². The molecule has 0 radical (unpaired) electrons. The molecule has 1 aliphatic rings. The van der Waals surface area contributed by atoms with Gasteiger partial charge in [-0.3, -0.25) is 9.20 Å². The van der Waals surface area contributed by atoms with Crippen molar-refractivity contribution in [2.45, 2.75) is 6.10 Å². The zero-order valence-corrected chi connectivity index (χ0v) is 15.3. The fourth-order valence-corrected chi connectivity index (χ4v) is 3.77. The number of aromatic nitrogens is 2. The number of thiazole rings is 1. The molecule has 0 saturated carbocycles. The third-order valence-electron chi connectivity index (χ3n) is 4.42. The van der Waals surface area contributed by atoms with Crippen molar-refractivity contribution in [3.05, 3.63) is 65.9 Å². The number of ether oxygens (including phenoxy) is 2. The average Bonchev–Trinajstić information content (AvgIpc) is 3.31. The summed E-state index contributed by atoms with van der Waals surface area (Å²) >= 11 is 1.44. The summed E-state index contributed by atoms with van der Waals surface area (Å²) < 4.78 is 26.5. The van der Waals surface area contributed by atoms with E-state index in [-0.39, 0.29) is 18.3 Å². The number of rotatable bonds is 3. The number of nitrogens with one attached hydrogen (secondary N) is 1. The standard InChI is InChI=1S/C20H14FN3O3S/c21-13-7-5-12(6-8-13)17-18(24-9-10-28-20(24)22-17)23-19(25)16-11-26-14-3-1-2-4-15(14)27-16/h1-10,16H,11H2,(H,23,25)/t16-/m1/s1. The molecule has 6 nitrogen and oxygen atoms in total. The van der Waals surface area contributed by atoms with Crippen molar-refractivity contribution in [3.63, 3.8) is 0 Å². The number of hydrogen-bond acceptors (Lipinski definition) is 5. The van der Waals surface area contributed by atoms with Gasteiger partial charge >= 0.3 is 0 Å². The highest BCUT2D eigenvalue weighted by Crippen LogP contribution is 2.33. The van der Waals surface area contributed by atoms with Crippen LogP contribution < -0.4 is 14.8 Å². The van der Waals surface area contributed by atoms with E-state index in [0.717, 1.165) is 4.96 Å². The number of carbonyl (C=O) groups excluding carboxylic acids is 1. The van der Waals surface area contributed by atoms with Crippen LogP contribution in [0, 0.1) is 5.82 Å². The zero-order valence-electron chi connectivity index (χ0n) is 14.5. The highest BCUT2D eigenvalue weighted by Gasteiger charge is 2.29. The molecule has 0 fully saturated rings. The molecule has 4 aromatic rings. The third kappa shape index (κ3) is 2.87. The summed E-state index contributed by atoms with van der Waals surface area (Å²) in [5.41, 5.74) is 1.27. The Bertz CT molecular complexity index is 1170. The van der Waals surface area contributed by atoms with Crippen molar-refractivity contribution in [2.24, 2.45) is 0 Å². The van der Waals surface area contributed by atoms with Gasteiger partial charge in [-0.25, -0.2) is 9.37 Å². The van der Waals surface area contributed by atoms with Gasteiger partial charge in [0.25, 0.3) is 5.91 Å². The van der Waals surface area contributed by atoms with Crippen LogP contribution >= 0.6 is 11.3 Å². The highest BCUT2D eigenvalue weighted by molar-refractivity contribution is 7.15. The summed E-state index contributed by atoms with van der Waals surface area (Å²) in [6.45, 7) is 0.111. The van der Waals surface area contributed by atoms with Crippen LogP contribution in [0.15, 0.2) is 60.1 Å². The normalized spacial score (nSPS) is 15.5. The van der Waals surface area contributed by atoms with Gasteiger partial charge in [0.1, 0.15) is 23.9 Å². The van der Waals surface area contributed by atoms with E-state index in [0.29, 0.717) is 28.6 Å². The number of amides is 1. The molecule has 2 aromatic carbocycles. The Morgan fingerprint density at radius 1 is 1.18 bits per heavy atom. The minimum Gasteiger partial charge on any atom is -0.485 e. The number of carbonyl (C=O) groups is 1. The first-order valence-electron chi connectivity index (χ1n) is 8.60. The summed E-state index contributed by atoms with van der Waals surface area (Å²) in [5, 5.41) is 4.78. The van der Waals surface area contributed by atoms with Gasteiger partial charge in [-0.15, -0.1) is 11.3 Å². The van der Waals surface area contributed by atoms with Crippen molar-refractivity contribution in [1.29, 1.82) is 0 Å². The van der Waals surface area contributed by atoms with Gasteiger partial charge in [0.05, 0.1) is 0 Å². The molecule has 140 valence electrons. The topological polar surface area (TPSA) is 64.9 Å². The predicted octanol–water partition coefficient (Wildman–Crippen LogP) is 3.98. The summed E-state index contributed by atoms with van der Waals surface area (Å²) in [6, 6.07) is 13.2. The molecule has 28 heavy (non-hydrogen) atoms. The van der Waals surface area contributed by atoms with Crippen LogP contribution in [0.25, 0.3) is 16.2 Å². The summed E-state index contributed by atoms with van der Waals surface area (Å²) in [5.74, 6) is 0.979. The maximum Gasteiger partial charge on any atom is 0.270 e. The van der Waals surface area contributed by atoms with Crippen LogP contribution in [0.5, 0.6) is 11.5 Å². The lowest BCUT2D eigenvalue weighted by molar-refractivity contribution is -0.125. The van der Waals surface area contributed by atoms with E-state index in [1.807, 2.05) is 23.7 Å². The first-order valence-corrected chi connectivity index (χ1v) is 9.48. The Labute approximate surface area is 163 Å². The lowest BCUT2D eigenvalue weighted by Gasteiger charge is -2.25. The first kappa shape index (κ1) is 16.8. The number of benzene rings is 2. The average molecular weight is 395 g/mol. The Hall–Kier alpha value is -3.39. The third-order valence-corrected chi connectivity index (χ3v) is 5.18. The van der Waals surface area contributed by atoms with E-state index < -0.39 is 6.10 Å². The number of para-hydroxylation sites is 2. The molecule has 5 rings (SSSR count). The summed E-state index contributed by atoms with van der Waals surface area (Å²) in [7, 11) is 0. The number of fused-ring (bicyclic) bond motifs is 2. The second-order valence-electron chi connectivity index (χ2n) is 6.22. The van der Waals surface area contributed by atoms with Gasteiger partial charge in [-0.2, -0.15) is 0 Å². The molecule has 0 bridgehead atoms. The molecule has 1 amide bonds. The van der Waals surface area contributed by atoms with Gasteiger partial charge in [0.15, 0.2) is 16.5 Å². The molecular weight excluding hydrogens is 381 g/mol. The molecule has 1 aliphatic heterocycles. The van der Waals surface area contributed by atoms with Gasteiger partial charge in [-0.05, 0) is 36.4 Å². The maximum absolute atomic E-state index is 13.3. The minimum atomic E-state index is -0.792. The highest BCUT2D eigenvalue weighted by atomic mass is 32.1. The van der Waals surface area contributed by atoms with Crippen LogP contribution in [0.3, 0.4) is 0 Å². The summed E-state index contributed by atoms with van der Waals surface area (Å²) in [6.07, 6.45) is 1.03. The van der Waals surface area contributed by atoms with Gasteiger partial charge in [0.2, 0.25) is 6.10 Å². The Morgan fingerprint density at radius 2 is 1.96 bits per heavy atom. The molecule has 0 saturated heterocycles. The molecule has 1 N–H and O–H groups in total. The molecule has 8 heteroatoms. The number of anilines is 1. The van der Waals surface area contributed by atoms with Gasteiger partial charge in [0, 0.05) is 17.1 Å². The molecule has 1 atom stereocenters. The van der Waals surface area contributed by atoms with E-state index in [2.05, 4.69) is 10.3 Å². The Morgan fingerprint density at radius 3 is 2.79 bits per heavy atom. The van der Waals surface area contributed by atoms with Gasteiger partial charge in [-0.1, -0.05) is 12.1 Å².